The second-order valence-corrected chi connectivity index (χ2v) is 5.19. The maximum Gasteiger partial charge on any atom is 0.254 e. The van der Waals surface area contributed by atoms with Crippen molar-refractivity contribution in [2.24, 2.45) is 11.7 Å². The van der Waals surface area contributed by atoms with Crippen molar-refractivity contribution in [2.45, 2.75) is 32.7 Å². The molecule has 1 saturated heterocycles. The number of aryl methyl sites for hydroxylation is 1. The molecule has 1 aromatic rings. The molecular weight excluding hydrogens is 224 g/mol. The fourth-order valence-corrected chi connectivity index (χ4v) is 2.65. The van der Waals surface area contributed by atoms with Crippen LogP contribution in [-0.4, -0.2) is 29.9 Å². The summed E-state index contributed by atoms with van der Waals surface area (Å²) in [6.07, 6.45) is 1.95. The highest BCUT2D eigenvalue weighted by Crippen LogP contribution is 2.21. The summed E-state index contributed by atoms with van der Waals surface area (Å²) >= 11 is 0. The van der Waals surface area contributed by atoms with Crippen LogP contribution in [0.2, 0.25) is 0 Å². The van der Waals surface area contributed by atoms with Crippen LogP contribution in [0.5, 0.6) is 0 Å². The first kappa shape index (κ1) is 13.1. The summed E-state index contributed by atoms with van der Waals surface area (Å²) in [4.78, 5) is 14.4. The van der Waals surface area contributed by atoms with Crippen LogP contribution in [0.1, 0.15) is 35.7 Å². The molecule has 2 atom stereocenters. The Kier molecular flexibility index (Phi) is 4.02. The van der Waals surface area contributed by atoms with Gasteiger partial charge in [-0.1, -0.05) is 31.5 Å². The van der Waals surface area contributed by atoms with E-state index in [9.17, 15) is 4.79 Å². The predicted octanol–water partition coefficient (Wildman–Crippen LogP) is 2.19. The van der Waals surface area contributed by atoms with Gasteiger partial charge in [-0.15, -0.1) is 0 Å². The summed E-state index contributed by atoms with van der Waals surface area (Å²) in [5.74, 6) is 0.588. The van der Waals surface area contributed by atoms with Crippen LogP contribution in [-0.2, 0) is 0 Å². The second-order valence-electron chi connectivity index (χ2n) is 5.19. The topological polar surface area (TPSA) is 46.3 Å². The fraction of sp³-hybridized carbons (Fsp3) is 0.533. The van der Waals surface area contributed by atoms with E-state index >= 15 is 0 Å². The molecule has 0 aromatic heterocycles. The Morgan fingerprint density at radius 2 is 2.17 bits per heavy atom. The molecular formula is C15H22N2O. The minimum atomic E-state index is 0.151. The molecule has 98 valence electrons. The Hall–Kier alpha value is -1.35. The van der Waals surface area contributed by atoms with E-state index in [1.54, 1.807) is 0 Å². The van der Waals surface area contributed by atoms with Gasteiger partial charge < -0.3 is 10.6 Å². The first-order valence-corrected chi connectivity index (χ1v) is 6.74. The number of nitrogens with zero attached hydrogens (tertiary/aromatic N) is 1. The molecule has 2 unspecified atom stereocenters. The molecule has 3 heteroatoms. The number of amides is 1. The van der Waals surface area contributed by atoms with Gasteiger partial charge in [-0.05, 0) is 30.9 Å². The Morgan fingerprint density at radius 3 is 2.83 bits per heavy atom. The number of hydrogen-bond donors (Lipinski definition) is 1. The second kappa shape index (κ2) is 5.53. The van der Waals surface area contributed by atoms with Gasteiger partial charge in [0.15, 0.2) is 0 Å². The summed E-state index contributed by atoms with van der Waals surface area (Å²) in [5, 5.41) is 0. The zero-order valence-corrected chi connectivity index (χ0v) is 11.2. The van der Waals surface area contributed by atoms with Crippen molar-refractivity contribution in [3.05, 3.63) is 35.4 Å². The molecule has 2 rings (SSSR count). The lowest BCUT2D eigenvalue weighted by Gasteiger charge is -2.36. The molecule has 2 N–H and O–H groups in total. The van der Waals surface area contributed by atoms with Gasteiger partial charge in [0.2, 0.25) is 0 Å². The molecule has 1 aromatic carbocycles. The van der Waals surface area contributed by atoms with Gasteiger partial charge in [0.1, 0.15) is 0 Å². The molecule has 18 heavy (non-hydrogen) atoms. The van der Waals surface area contributed by atoms with Gasteiger partial charge in [-0.25, -0.2) is 0 Å². The Labute approximate surface area is 109 Å². The molecule has 0 spiro atoms. The molecule has 1 aliphatic rings. The van der Waals surface area contributed by atoms with Crippen LogP contribution in [0.3, 0.4) is 0 Å². The Bertz CT molecular complexity index is 430. The summed E-state index contributed by atoms with van der Waals surface area (Å²) in [5.41, 5.74) is 7.95. The molecule has 3 nitrogen and oxygen atoms in total. The number of rotatable bonds is 2. The number of piperidine rings is 1. The van der Waals surface area contributed by atoms with Gasteiger partial charge in [0.25, 0.3) is 5.91 Å². The van der Waals surface area contributed by atoms with Crippen molar-refractivity contribution in [2.75, 3.05) is 13.1 Å². The zero-order valence-electron chi connectivity index (χ0n) is 11.2. The van der Waals surface area contributed by atoms with E-state index < -0.39 is 0 Å². The maximum absolute atomic E-state index is 12.5. The van der Waals surface area contributed by atoms with E-state index in [2.05, 4.69) is 6.92 Å². The summed E-state index contributed by atoms with van der Waals surface area (Å²) in [6.45, 7) is 5.71. The first-order valence-electron chi connectivity index (χ1n) is 6.74. The minimum Gasteiger partial charge on any atom is -0.338 e. The molecule has 1 heterocycles. The standard InChI is InChI=1S/C15H22N2O/c1-3-12-10-17(9-8-14(12)16)15(18)13-7-5-4-6-11(13)2/h4-7,12,14H,3,8-10,16H2,1-2H3. The molecule has 1 fully saturated rings. The van der Waals surface area contributed by atoms with Gasteiger partial charge in [0.05, 0.1) is 0 Å². The van der Waals surface area contributed by atoms with Crippen molar-refractivity contribution in [1.29, 1.82) is 0 Å². The van der Waals surface area contributed by atoms with Crippen LogP contribution in [0.25, 0.3) is 0 Å². The van der Waals surface area contributed by atoms with E-state index in [0.29, 0.717) is 5.92 Å². The predicted molar refractivity (Wildman–Crippen MR) is 73.5 cm³/mol. The van der Waals surface area contributed by atoms with Crippen LogP contribution in [0.4, 0.5) is 0 Å². The average Bonchev–Trinajstić information content (AvgIpc) is 2.39. The Balaban J connectivity index is 2.13. The van der Waals surface area contributed by atoms with Gasteiger partial charge in [0, 0.05) is 24.7 Å². The summed E-state index contributed by atoms with van der Waals surface area (Å²) in [6, 6.07) is 8.03. The van der Waals surface area contributed by atoms with Gasteiger partial charge in [-0.2, -0.15) is 0 Å². The lowest BCUT2D eigenvalue weighted by molar-refractivity contribution is 0.0648. The number of benzene rings is 1. The number of nitrogens with two attached hydrogens (primary N) is 1. The van der Waals surface area contributed by atoms with Crippen molar-refractivity contribution < 1.29 is 4.79 Å². The number of likely N-dealkylation sites (tertiary alicyclic amines) is 1. The molecule has 1 amide bonds. The van der Waals surface area contributed by atoms with E-state index in [1.807, 2.05) is 36.1 Å². The monoisotopic (exact) mass is 246 g/mol. The summed E-state index contributed by atoms with van der Waals surface area (Å²) in [7, 11) is 0. The third-order valence-electron chi connectivity index (χ3n) is 3.98. The van der Waals surface area contributed by atoms with E-state index in [-0.39, 0.29) is 11.9 Å². The van der Waals surface area contributed by atoms with Crippen molar-refractivity contribution in [3.8, 4) is 0 Å². The van der Waals surface area contributed by atoms with Crippen molar-refractivity contribution in [3.63, 3.8) is 0 Å². The highest BCUT2D eigenvalue weighted by Gasteiger charge is 2.28. The number of carbonyl (C=O) groups excluding carboxylic acids is 1. The van der Waals surface area contributed by atoms with Gasteiger partial charge >= 0.3 is 0 Å². The highest BCUT2D eigenvalue weighted by atomic mass is 16.2. The first-order chi connectivity index (χ1) is 8.63. The summed E-state index contributed by atoms with van der Waals surface area (Å²) < 4.78 is 0. The fourth-order valence-electron chi connectivity index (χ4n) is 2.65. The smallest absolute Gasteiger partial charge is 0.254 e. The normalized spacial score (nSPS) is 24.1. The third kappa shape index (κ3) is 2.56. The average molecular weight is 246 g/mol. The molecule has 0 saturated carbocycles. The van der Waals surface area contributed by atoms with Crippen molar-refractivity contribution in [1.82, 2.24) is 4.90 Å². The van der Waals surface area contributed by atoms with Crippen LogP contribution >= 0.6 is 0 Å². The lowest BCUT2D eigenvalue weighted by atomic mass is 9.90. The zero-order chi connectivity index (χ0) is 13.1. The highest BCUT2D eigenvalue weighted by molar-refractivity contribution is 5.95. The van der Waals surface area contributed by atoms with E-state index in [1.165, 1.54) is 0 Å². The molecule has 0 bridgehead atoms. The lowest BCUT2D eigenvalue weighted by Crippen LogP contribution is -2.49. The van der Waals surface area contributed by atoms with Gasteiger partial charge in [-0.3, -0.25) is 4.79 Å². The molecule has 1 aliphatic heterocycles. The largest absolute Gasteiger partial charge is 0.338 e. The maximum atomic E-state index is 12.5. The minimum absolute atomic E-state index is 0.151. The quantitative estimate of drug-likeness (QED) is 0.869. The van der Waals surface area contributed by atoms with Crippen LogP contribution in [0, 0.1) is 12.8 Å². The number of hydrogen-bond acceptors (Lipinski definition) is 2. The van der Waals surface area contributed by atoms with E-state index in [4.69, 9.17) is 5.73 Å². The van der Waals surface area contributed by atoms with Crippen LogP contribution in [0.15, 0.2) is 24.3 Å². The van der Waals surface area contributed by atoms with E-state index in [0.717, 1.165) is 37.1 Å². The SMILES string of the molecule is CCC1CN(C(=O)c2ccccc2C)CCC1N. The molecule has 0 radical (unpaired) electrons. The molecule has 0 aliphatic carbocycles. The third-order valence-corrected chi connectivity index (χ3v) is 3.98. The Morgan fingerprint density at radius 1 is 1.44 bits per heavy atom. The van der Waals surface area contributed by atoms with Crippen molar-refractivity contribution >= 4 is 5.91 Å². The van der Waals surface area contributed by atoms with Crippen LogP contribution < -0.4 is 5.73 Å². The number of carbonyl (C=O) groups is 1.